The van der Waals surface area contributed by atoms with Crippen LogP contribution >= 0.6 is 0 Å². The molecule has 1 saturated carbocycles. The average Bonchev–Trinajstić information content (AvgIpc) is 2.63. The van der Waals surface area contributed by atoms with Crippen LogP contribution in [0.2, 0.25) is 0 Å². The molecule has 2 fully saturated rings. The molecule has 3 rings (SSSR count). The number of anilines is 1. The molecule has 8 nitrogen and oxygen atoms in total. The maximum Gasteiger partial charge on any atom is 0.293 e. The van der Waals surface area contributed by atoms with Crippen molar-refractivity contribution in [2.75, 3.05) is 18.4 Å². The van der Waals surface area contributed by atoms with Gasteiger partial charge in [0.15, 0.2) is 0 Å². The maximum absolute atomic E-state index is 12.9. The first-order chi connectivity index (χ1) is 12.8. The van der Waals surface area contributed by atoms with E-state index in [0.717, 1.165) is 31.7 Å². The number of nitro benzene ring substituents is 1. The standard InChI is InChI=1S/C18H27N3O5S/c1-13-3-2-10-20(12-13)27(25,26)16-8-9-17(18(11-16)21(23)24)19-14-4-6-15(22)7-5-14/h8-9,11,13-15,19,22H,2-7,10,12H2,1H3/t13-,14?,15?/m0/s1. The van der Waals surface area contributed by atoms with E-state index in [1.54, 1.807) is 0 Å². The topological polar surface area (TPSA) is 113 Å². The van der Waals surface area contributed by atoms with Gasteiger partial charge < -0.3 is 10.4 Å². The Hall–Kier alpha value is -1.71. The largest absolute Gasteiger partial charge is 0.393 e. The second kappa shape index (κ2) is 8.12. The first-order valence-electron chi connectivity index (χ1n) is 9.50. The van der Waals surface area contributed by atoms with Gasteiger partial charge in [0.05, 0.1) is 15.9 Å². The quantitative estimate of drug-likeness (QED) is 0.583. The predicted molar refractivity (Wildman–Crippen MR) is 102 cm³/mol. The summed E-state index contributed by atoms with van der Waals surface area (Å²) in [4.78, 5) is 11.0. The van der Waals surface area contributed by atoms with Crippen molar-refractivity contribution in [3.05, 3.63) is 28.3 Å². The van der Waals surface area contributed by atoms with Gasteiger partial charge in [0.1, 0.15) is 5.69 Å². The van der Waals surface area contributed by atoms with Crippen molar-refractivity contribution in [1.82, 2.24) is 4.31 Å². The Labute approximate surface area is 159 Å². The molecule has 1 aromatic rings. The number of rotatable bonds is 5. The van der Waals surface area contributed by atoms with Crippen LogP contribution in [0.3, 0.4) is 0 Å². The molecule has 150 valence electrons. The van der Waals surface area contributed by atoms with Crippen LogP contribution in [0.15, 0.2) is 23.1 Å². The molecule has 1 aromatic carbocycles. The van der Waals surface area contributed by atoms with Gasteiger partial charge in [-0.05, 0) is 56.6 Å². The number of aliphatic hydroxyl groups excluding tert-OH is 1. The summed E-state index contributed by atoms with van der Waals surface area (Å²) in [6.07, 6.45) is 4.25. The third-order valence-electron chi connectivity index (χ3n) is 5.48. The average molecular weight is 397 g/mol. The summed E-state index contributed by atoms with van der Waals surface area (Å²) >= 11 is 0. The van der Waals surface area contributed by atoms with Crippen molar-refractivity contribution in [3.8, 4) is 0 Å². The third kappa shape index (κ3) is 4.59. The summed E-state index contributed by atoms with van der Waals surface area (Å²) in [7, 11) is -3.74. The second-order valence-corrected chi connectivity index (χ2v) is 9.63. The number of hydrogen-bond acceptors (Lipinski definition) is 6. The summed E-state index contributed by atoms with van der Waals surface area (Å²) < 4.78 is 27.2. The summed E-state index contributed by atoms with van der Waals surface area (Å²) in [5.41, 5.74) is 0.0969. The Balaban J connectivity index is 1.83. The number of nitrogens with zero attached hydrogens (tertiary/aromatic N) is 2. The van der Waals surface area contributed by atoms with Crippen molar-refractivity contribution in [3.63, 3.8) is 0 Å². The molecule has 0 spiro atoms. The summed E-state index contributed by atoms with van der Waals surface area (Å²) in [6, 6.07) is 4.14. The van der Waals surface area contributed by atoms with Crippen LogP contribution in [0.25, 0.3) is 0 Å². The van der Waals surface area contributed by atoms with Crippen LogP contribution in [0.1, 0.15) is 45.4 Å². The molecule has 9 heteroatoms. The highest BCUT2D eigenvalue weighted by atomic mass is 32.2. The summed E-state index contributed by atoms with van der Waals surface area (Å²) in [5, 5.41) is 24.3. The SMILES string of the molecule is C[C@H]1CCCN(S(=O)(=O)c2ccc(NC3CCC(O)CC3)c([N+](=O)[O-])c2)C1. The minimum atomic E-state index is -3.74. The highest BCUT2D eigenvalue weighted by molar-refractivity contribution is 7.89. The van der Waals surface area contributed by atoms with Crippen molar-refractivity contribution in [1.29, 1.82) is 0 Å². The first-order valence-corrected chi connectivity index (χ1v) is 10.9. The predicted octanol–water partition coefficient (Wildman–Crippen LogP) is 2.73. The molecule has 0 unspecified atom stereocenters. The number of nitro groups is 1. The number of benzene rings is 1. The Morgan fingerprint density at radius 1 is 1.22 bits per heavy atom. The van der Waals surface area contributed by atoms with E-state index in [0.29, 0.717) is 31.6 Å². The Kier molecular flexibility index (Phi) is 6.02. The molecule has 1 saturated heterocycles. The molecular formula is C18H27N3O5S. The zero-order chi connectivity index (χ0) is 19.6. The number of hydrogen-bond donors (Lipinski definition) is 2. The van der Waals surface area contributed by atoms with E-state index in [-0.39, 0.29) is 28.6 Å². The highest BCUT2D eigenvalue weighted by Gasteiger charge is 2.31. The van der Waals surface area contributed by atoms with Crippen LogP contribution < -0.4 is 5.32 Å². The number of sulfonamides is 1. The molecule has 0 amide bonds. The zero-order valence-electron chi connectivity index (χ0n) is 15.5. The van der Waals surface area contributed by atoms with Gasteiger partial charge in [-0.1, -0.05) is 6.92 Å². The Morgan fingerprint density at radius 3 is 2.56 bits per heavy atom. The highest BCUT2D eigenvalue weighted by Crippen LogP contribution is 2.32. The van der Waals surface area contributed by atoms with Gasteiger partial charge in [-0.15, -0.1) is 0 Å². The minimum Gasteiger partial charge on any atom is -0.393 e. The van der Waals surface area contributed by atoms with Crippen molar-refractivity contribution in [2.24, 2.45) is 5.92 Å². The molecule has 2 N–H and O–H groups in total. The molecule has 27 heavy (non-hydrogen) atoms. The van der Waals surface area contributed by atoms with Gasteiger partial charge in [0.2, 0.25) is 10.0 Å². The van der Waals surface area contributed by atoms with E-state index in [1.807, 2.05) is 6.92 Å². The minimum absolute atomic E-state index is 0.0343. The van der Waals surface area contributed by atoms with E-state index in [4.69, 9.17) is 0 Å². The van der Waals surface area contributed by atoms with E-state index >= 15 is 0 Å². The van der Waals surface area contributed by atoms with E-state index in [1.165, 1.54) is 16.4 Å². The van der Waals surface area contributed by atoms with Gasteiger partial charge in [-0.3, -0.25) is 10.1 Å². The molecular weight excluding hydrogens is 370 g/mol. The molecule has 2 aliphatic rings. The monoisotopic (exact) mass is 397 g/mol. The van der Waals surface area contributed by atoms with Gasteiger partial charge in [-0.2, -0.15) is 4.31 Å². The fourth-order valence-electron chi connectivity index (χ4n) is 3.90. The van der Waals surface area contributed by atoms with Gasteiger partial charge >= 0.3 is 0 Å². The van der Waals surface area contributed by atoms with E-state index in [9.17, 15) is 23.6 Å². The van der Waals surface area contributed by atoms with Gasteiger partial charge in [0.25, 0.3) is 5.69 Å². The Bertz CT molecular complexity index is 790. The van der Waals surface area contributed by atoms with Crippen LogP contribution in [0.5, 0.6) is 0 Å². The third-order valence-corrected chi connectivity index (χ3v) is 7.34. The maximum atomic E-state index is 12.9. The van der Waals surface area contributed by atoms with Crippen molar-refractivity contribution >= 4 is 21.4 Å². The van der Waals surface area contributed by atoms with Crippen LogP contribution in [0.4, 0.5) is 11.4 Å². The lowest BCUT2D eigenvalue weighted by atomic mass is 9.93. The summed E-state index contributed by atoms with van der Waals surface area (Å²) in [6.45, 7) is 2.91. The van der Waals surface area contributed by atoms with Gasteiger partial charge in [0, 0.05) is 25.2 Å². The molecule has 1 aliphatic carbocycles. The number of piperidine rings is 1. The fraction of sp³-hybridized carbons (Fsp3) is 0.667. The van der Waals surface area contributed by atoms with E-state index in [2.05, 4.69) is 5.32 Å². The molecule has 1 atom stereocenters. The zero-order valence-corrected chi connectivity index (χ0v) is 16.3. The Morgan fingerprint density at radius 2 is 1.93 bits per heavy atom. The van der Waals surface area contributed by atoms with Crippen LogP contribution in [-0.2, 0) is 10.0 Å². The van der Waals surface area contributed by atoms with Crippen LogP contribution in [-0.4, -0.2) is 48.0 Å². The number of aliphatic hydroxyl groups is 1. The summed E-state index contributed by atoms with van der Waals surface area (Å²) in [5.74, 6) is 0.283. The molecule has 0 aromatic heterocycles. The lowest BCUT2D eigenvalue weighted by Crippen LogP contribution is -2.39. The molecule has 0 bridgehead atoms. The van der Waals surface area contributed by atoms with E-state index < -0.39 is 14.9 Å². The van der Waals surface area contributed by atoms with Crippen molar-refractivity contribution < 1.29 is 18.4 Å². The van der Waals surface area contributed by atoms with Crippen molar-refractivity contribution in [2.45, 2.75) is 62.5 Å². The smallest absolute Gasteiger partial charge is 0.293 e. The molecule has 0 radical (unpaired) electrons. The second-order valence-electron chi connectivity index (χ2n) is 7.70. The fourth-order valence-corrected chi connectivity index (χ4v) is 5.52. The lowest BCUT2D eigenvalue weighted by molar-refractivity contribution is -0.384. The molecule has 1 heterocycles. The lowest BCUT2D eigenvalue weighted by Gasteiger charge is -2.30. The number of nitrogens with one attached hydrogen (secondary N) is 1. The normalized spacial score (nSPS) is 27.3. The first kappa shape index (κ1) is 20.0. The van der Waals surface area contributed by atoms with Crippen LogP contribution in [0, 0.1) is 16.0 Å². The van der Waals surface area contributed by atoms with Gasteiger partial charge in [-0.25, -0.2) is 8.42 Å². The molecule has 1 aliphatic heterocycles.